The molecule has 0 saturated heterocycles. The van der Waals surface area contributed by atoms with Crippen LogP contribution in [0.25, 0.3) is 11.1 Å². The maximum absolute atomic E-state index is 13.7. The topological polar surface area (TPSA) is 60.9 Å². The minimum absolute atomic E-state index is 0.0598. The second kappa shape index (κ2) is 9.93. The number of aromatic nitrogens is 1. The molecule has 0 amide bonds. The van der Waals surface area contributed by atoms with Crippen LogP contribution in [0.15, 0.2) is 30.5 Å². The van der Waals surface area contributed by atoms with Crippen LogP contribution in [0.3, 0.4) is 0 Å². The zero-order valence-corrected chi connectivity index (χ0v) is 15.7. The third-order valence-corrected chi connectivity index (χ3v) is 4.18. The molecule has 28 heavy (non-hydrogen) atoms. The lowest BCUT2D eigenvalue weighted by Crippen LogP contribution is -2.32. The van der Waals surface area contributed by atoms with Gasteiger partial charge in [0, 0.05) is 29.9 Å². The van der Waals surface area contributed by atoms with E-state index in [4.69, 9.17) is 9.47 Å². The summed E-state index contributed by atoms with van der Waals surface area (Å²) in [5.41, 5.74) is 1.77. The monoisotopic (exact) mass is 398 g/mol. The largest absolute Gasteiger partial charge is 0.481 e. The van der Waals surface area contributed by atoms with Gasteiger partial charge in [-0.1, -0.05) is 6.07 Å². The Morgan fingerprint density at radius 1 is 1.25 bits per heavy atom. The summed E-state index contributed by atoms with van der Waals surface area (Å²) in [4.78, 5) is 16.5. The molecule has 0 aliphatic carbocycles. The Morgan fingerprint density at radius 3 is 2.64 bits per heavy atom. The molecule has 0 unspecified atom stereocenters. The first kappa shape index (κ1) is 21.5. The van der Waals surface area contributed by atoms with Crippen molar-refractivity contribution in [2.24, 2.45) is 0 Å². The lowest BCUT2D eigenvalue weighted by atomic mass is 10.0. The maximum atomic E-state index is 13.7. The van der Waals surface area contributed by atoms with Crippen LogP contribution in [0.2, 0.25) is 0 Å². The van der Waals surface area contributed by atoms with Crippen molar-refractivity contribution in [2.75, 3.05) is 20.8 Å². The molecule has 0 radical (unpaired) electrons. The number of pyridine rings is 1. The Labute approximate surface area is 160 Å². The summed E-state index contributed by atoms with van der Waals surface area (Å²) in [6.07, 6.45) is 1.50. The molecule has 6 nitrogen and oxygen atoms in total. The lowest BCUT2D eigenvalue weighted by molar-refractivity contribution is -0.130. The van der Waals surface area contributed by atoms with Gasteiger partial charge in [-0.25, -0.2) is 9.37 Å². The van der Waals surface area contributed by atoms with Crippen molar-refractivity contribution in [1.82, 2.24) is 9.88 Å². The predicted molar refractivity (Wildman–Crippen MR) is 95.8 cm³/mol. The number of nitrogens with zero attached hydrogens (tertiary/aromatic N) is 2. The fourth-order valence-electron chi connectivity index (χ4n) is 2.55. The molecule has 2 rings (SSSR count). The highest BCUT2D eigenvalue weighted by Crippen LogP contribution is 2.30. The number of halogens is 3. The third kappa shape index (κ3) is 5.59. The van der Waals surface area contributed by atoms with E-state index >= 15 is 0 Å². The van der Waals surface area contributed by atoms with Gasteiger partial charge >= 0.3 is 6.61 Å². The molecule has 9 heteroatoms. The van der Waals surface area contributed by atoms with E-state index in [9.17, 15) is 18.0 Å². The van der Waals surface area contributed by atoms with Gasteiger partial charge in [-0.3, -0.25) is 9.69 Å². The van der Waals surface area contributed by atoms with Crippen LogP contribution < -0.4 is 9.47 Å². The minimum atomic E-state index is -3.13. The minimum Gasteiger partial charge on any atom is -0.481 e. The summed E-state index contributed by atoms with van der Waals surface area (Å²) >= 11 is 0. The average Bonchev–Trinajstić information content (AvgIpc) is 2.67. The van der Waals surface area contributed by atoms with Crippen LogP contribution in [-0.4, -0.2) is 49.8 Å². The molecule has 0 aliphatic heterocycles. The van der Waals surface area contributed by atoms with Crippen molar-refractivity contribution >= 4 is 6.47 Å². The van der Waals surface area contributed by atoms with Gasteiger partial charge in [0.05, 0.1) is 7.11 Å². The second-order valence-electron chi connectivity index (χ2n) is 6.11. The Bertz CT molecular complexity index is 805. The summed E-state index contributed by atoms with van der Waals surface area (Å²) in [7, 11) is 3.33. The molecule has 1 atom stereocenters. The molecule has 0 bridgehead atoms. The number of rotatable bonds is 10. The van der Waals surface area contributed by atoms with Gasteiger partial charge in [-0.2, -0.15) is 8.78 Å². The Kier molecular flexibility index (Phi) is 7.62. The van der Waals surface area contributed by atoms with Crippen molar-refractivity contribution in [2.45, 2.75) is 26.1 Å². The number of methoxy groups -OCH3 is 1. The quantitative estimate of drug-likeness (QED) is 0.571. The normalized spacial score (nSPS) is 12.1. The number of carbonyl (C=O) groups is 1. The summed E-state index contributed by atoms with van der Waals surface area (Å²) in [6.45, 7) is -0.198. The van der Waals surface area contributed by atoms with Crippen LogP contribution in [0.4, 0.5) is 13.2 Å². The van der Waals surface area contributed by atoms with Crippen molar-refractivity contribution in [3.63, 3.8) is 0 Å². The molecule has 0 aliphatic rings. The molecule has 1 aromatic carbocycles. The van der Waals surface area contributed by atoms with Gasteiger partial charge in [0.15, 0.2) is 11.6 Å². The average molecular weight is 398 g/mol. The number of carbonyl (C=O) groups excluding carboxylic acids is 1. The number of hydrogen-bond donors (Lipinski definition) is 0. The van der Waals surface area contributed by atoms with Gasteiger partial charge in [-0.05, 0) is 37.7 Å². The molecule has 0 saturated carbocycles. The van der Waals surface area contributed by atoms with Crippen molar-refractivity contribution in [3.8, 4) is 22.8 Å². The Hall–Kier alpha value is -2.81. The van der Waals surface area contributed by atoms with Gasteiger partial charge < -0.3 is 14.2 Å². The molecule has 0 fully saturated rings. The van der Waals surface area contributed by atoms with E-state index in [1.807, 2.05) is 18.9 Å². The second-order valence-corrected chi connectivity index (χ2v) is 6.11. The first-order chi connectivity index (χ1) is 13.3. The molecule has 152 valence electrons. The van der Waals surface area contributed by atoms with Gasteiger partial charge in [-0.15, -0.1) is 0 Å². The highest BCUT2D eigenvalue weighted by Gasteiger charge is 2.16. The van der Waals surface area contributed by atoms with Crippen LogP contribution in [0.5, 0.6) is 11.6 Å². The maximum Gasteiger partial charge on any atom is 0.387 e. The first-order valence-corrected chi connectivity index (χ1v) is 8.38. The number of alkyl halides is 2. The van der Waals surface area contributed by atoms with Gasteiger partial charge in [0.25, 0.3) is 6.47 Å². The van der Waals surface area contributed by atoms with Gasteiger partial charge in [0.2, 0.25) is 5.88 Å². The van der Waals surface area contributed by atoms with Crippen LogP contribution in [0.1, 0.15) is 12.5 Å². The number of ether oxygens (including phenoxy) is 3. The smallest absolute Gasteiger partial charge is 0.387 e. The lowest BCUT2D eigenvalue weighted by Gasteiger charge is -2.24. The SMILES string of the molecule is COc1ncc(-c2ccc(F)c(OC(F)F)c2)cc1CN(C)[C@H](C)COC=O. The van der Waals surface area contributed by atoms with E-state index in [1.165, 1.54) is 25.4 Å². The van der Waals surface area contributed by atoms with E-state index in [1.54, 1.807) is 6.07 Å². The number of hydrogen-bond acceptors (Lipinski definition) is 6. The highest BCUT2D eigenvalue weighted by molar-refractivity contribution is 5.65. The van der Waals surface area contributed by atoms with Crippen LogP contribution in [-0.2, 0) is 16.1 Å². The fourth-order valence-corrected chi connectivity index (χ4v) is 2.55. The van der Waals surface area contributed by atoms with Crippen molar-refractivity contribution in [1.29, 1.82) is 0 Å². The first-order valence-electron chi connectivity index (χ1n) is 8.38. The molecular weight excluding hydrogens is 377 g/mol. The van der Waals surface area contributed by atoms with Gasteiger partial charge in [0.1, 0.15) is 6.61 Å². The van der Waals surface area contributed by atoms with Crippen LogP contribution in [0, 0.1) is 5.82 Å². The zero-order chi connectivity index (χ0) is 20.7. The third-order valence-electron chi connectivity index (χ3n) is 4.18. The predicted octanol–water partition coefficient (Wildman–Crippen LogP) is 3.49. The Morgan fingerprint density at radius 2 is 2.00 bits per heavy atom. The van der Waals surface area contributed by atoms with Crippen molar-refractivity contribution in [3.05, 3.63) is 41.8 Å². The summed E-state index contributed by atoms with van der Waals surface area (Å²) < 4.78 is 52.8. The molecule has 2 aromatic rings. The van der Waals surface area contributed by atoms with E-state index in [0.29, 0.717) is 30.0 Å². The molecule has 0 spiro atoms. The number of benzene rings is 1. The standard InChI is InChI=1S/C19H21F3N2O4/c1-12(10-27-11-25)24(2)9-15-6-14(8-23-18(15)26-3)13-4-5-16(20)17(7-13)28-19(21)22/h4-8,11-12,19H,9-10H2,1-3H3/t12-/m1/s1. The summed E-state index contributed by atoms with van der Waals surface area (Å²) in [6, 6.07) is 5.41. The molecule has 1 heterocycles. The van der Waals surface area contributed by atoms with E-state index in [0.717, 1.165) is 11.6 Å². The van der Waals surface area contributed by atoms with E-state index < -0.39 is 18.2 Å². The zero-order valence-electron chi connectivity index (χ0n) is 15.7. The van der Waals surface area contributed by atoms with Crippen LogP contribution >= 0.6 is 0 Å². The molecular formula is C19H21F3N2O4. The van der Waals surface area contributed by atoms with E-state index in [2.05, 4.69) is 9.72 Å². The van der Waals surface area contributed by atoms with E-state index in [-0.39, 0.29) is 12.6 Å². The Balaban J connectivity index is 2.30. The van der Waals surface area contributed by atoms with Crippen molar-refractivity contribution < 1.29 is 32.2 Å². The molecule has 0 N–H and O–H groups in total. The number of likely N-dealkylation sites (N-methyl/N-ethyl adjacent to an activating group) is 1. The summed E-state index contributed by atoms with van der Waals surface area (Å²) in [5.74, 6) is -1.03. The summed E-state index contributed by atoms with van der Waals surface area (Å²) in [5, 5.41) is 0. The highest BCUT2D eigenvalue weighted by atomic mass is 19.3. The fraction of sp³-hybridized carbons (Fsp3) is 0.368. The molecule has 1 aromatic heterocycles.